The van der Waals surface area contributed by atoms with Gasteiger partial charge < -0.3 is 10.6 Å². The van der Waals surface area contributed by atoms with Gasteiger partial charge in [-0.2, -0.15) is 0 Å². The largest absolute Gasteiger partial charge is 0.337 e. The molecule has 0 spiro atoms. The van der Waals surface area contributed by atoms with Crippen molar-refractivity contribution >= 4 is 30.7 Å². The molecule has 0 aromatic carbocycles. The third-order valence-electron chi connectivity index (χ3n) is 2.67. The second-order valence-electron chi connectivity index (χ2n) is 3.99. The lowest BCUT2D eigenvalue weighted by Gasteiger charge is -2.15. The summed E-state index contributed by atoms with van der Waals surface area (Å²) in [6, 6.07) is 3.80. The van der Waals surface area contributed by atoms with E-state index in [0.717, 1.165) is 18.7 Å². The monoisotopic (exact) mass is 277 g/mol. The lowest BCUT2D eigenvalue weighted by atomic mass is 10.2. The molecule has 4 nitrogen and oxygen atoms in total. The van der Waals surface area contributed by atoms with Crippen LogP contribution in [0.1, 0.15) is 22.5 Å². The fourth-order valence-electron chi connectivity index (χ4n) is 1.75. The van der Waals surface area contributed by atoms with Crippen LogP contribution in [-0.2, 0) is 0 Å². The molecule has 1 aromatic heterocycles. The average molecular weight is 278 g/mol. The normalized spacial score (nSPS) is 18.2. The first-order valence-electron chi connectivity index (χ1n) is 5.14. The number of aromatic nitrogens is 1. The zero-order valence-electron chi connectivity index (χ0n) is 9.63. The molecule has 0 saturated carbocycles. The van der Waals surface area contributed by atoms with Crippen molar-refractivity contribution in [3.8, 4) is 0 Å². The molecule has 2 N–H and O–H groups in total. The van der Waals surface area contributed by atoms with Crippen LogP contribution in [0.3, 0.4) is 0 Å². The van der Waals surface area contributed by atoms with E-state index in [1.54, 1.807) is 11.1 Å². The molecule has 0 radical (unpaired) electrons. The molecule has 1 fully saturated rings. The lowest BCUT2D eigenvalue weighted by molar-refractivity contribution is 0.0790. The van der Waals surface area contributed by atoms with Crippen LogP contribution in [0.15, 0.2) is 18.3 Å². The van der Waals surface area contributed by atoms with E-state index in [9.17, 15) is 4.79 Å². The Bertz CT molecular complexity index is 369. The molecule has 0 aliphatic carbocycles. The summed E-state index contributed by atoms with van der Waals surface area (Å²) < 4.78 is 0. The first kappa shape index (κ1) is 16.2. The Balaban J connectivity index is 0.00000128. The van der Waals surface area contributed by atoms with Crippen LogP contribution in [-0.4, -0.2) is 34.9 Å². The Morgan fingerprint density at radius 3 is 2.65 bits per heavy atom. The average Bonchev–Trinajstić information content (AvgIpc) is 2.65. The topological polar surface area (TPSA) is 59.2 Å². The number of carbonyl (C=O) groups excluding carboxylic acids is 1. The van der Waals surface area contributed by atoms with Crippen LogP contribution < -0.4 is 5.73 Å². The minimum atomic E-state index is 0. The van der Waals surface area contributed by atoms with Crippen molar-refractivity contribution in [1.82, 2.24) is 9.88 Å². The summed E-state index contributed by atoms with van der Waals surface area (Å²) in [5.41, 5.74) is 7.32. The minimum Gasteiger partial charge on any atom is -0.337 e. The SMILES string of the molecule is Cc1ccc(C(=O)N2CC[C@@H](N)C2)cn1.Cl.Cl. The highest BCUT2D eigenvalue weighted by atomic mass is 35.5. The van der Waals surface area contributed by atoms with Gasteiger partial charge in [0.15, 0.2) is 0 Å². The van der Waals surface area contributed by atoms with Crippen molar-refractivity contribution in [3.05, 3.63) is 29.6 Å². The molecule has 6 heteroatoms. The van der Waals surface area contributed by atoms with Gasteiger partial charge in [-0.3, -0.25) is 9.78 Å². The molecule has 1 aromatic rings. The third-order valence-corrected chi connectivity index (χ3v) is 2.67. The Kier molecular flexibility index (Phi) is 6.45. The van der Waals surface area contributed by atoms with Gasteiger partial charge in [-0.05, 0) is 25.5 Å². The molecule has 1 saturated heterocycles. The number of rotatable bonds is 1. The van der Waals surface area contributed by atoms with Crippen molar-refractivity contribution in [2.24, 2.45) is 5.73 Å². The molecule has 2 rings (SSSR count). The summed E-state index contributed by atoms with van der Waals surface area (Å²) in [5.74, 6) is 0.0375. The fraction of sp³-hybridized carbons (Fsp3) is 0.455. The molecule has 2 heterocycles. The van der Waals surface area contributed by atoms with Gasteiger partial charge in [0.05, 0.1) is 5.56 Å². The van der Waals surface area contributed by atoms with Gasteiger partial charge in [0.25, 0.3) is 5.91 Å². The van der Waals surface area contributed by atoms with Gasteiger partial charge in [-0.25, -0.2) is 0 Å². The maximum atomic E-state index is 11.9. The summed E-state index contributed by atoms with van der Waals surface area (Å²) in [5, 5.41) is 0. The maximum absolute atomic E-state index is 11.9. The molecular formula is C11H17Cl2N3O. The van der Waals surface area contributed by atoms with Crippen LogP contribution in [0, 0.1) is 6.92 Å². The summed E-state index contributed by atoms with van der Waals surface area (Å²) in [7, 11) is 0. The number of hydrogen-bond acceptors (Lipinski definition) is 3. The molecule has 0 unspecified atom stereocenters. The van der Waals surface area contributed by atoms with Gasteiger partial charge in [0.1, 0.15) is 0 Å². The molecule has 96 valence electrons. The number of aryl methyl sites for hydroxylation is 1. The number of amides is 1. The Hall–Kier alpha value is -0.840. The van der Waals surface area contributed by atoms with Gasteiger partial charge in [-0.1, -0.05) is 0 Å². The van der Waals surface area contributed by atoms with E-state index < -0.39 is 0 Å². The first-order valence-corrected chi connectivity index (χ1v) is 5.14. The molecule has 1 aliphatic rings. The number of likely N-dealkylation sites (tertiary alicyclic amines) is 1. The number of pyridine rings is 1. The lowest BCUT2D eigenvalue weighted by Crippen LogP contribution is -2.31. The highest BCUT2D eigenvalue weighted by Gasteiger charge is 2.24. The van der Waals surface area contributed by atoms with Crippen LogP contribution in [0.2, 0.25) is 0 Å². The quantitative estimate of drug-likeness (QED) is 0.845. The highest BCUT2D eigenvalue weighted by molar-refractivity contribution is 5.94. The van der Waals surface area contributed by atoms with E-state index >= 15 is 0 Å². The Morgan fingerprint density at radius 2 is 2.18 bits per heavy atom. The van der Waals surface area contributed by atoms with E-state index in [1.807, 2.05) is 19.1 Å². The third kappa shape index (κ3) is 3.84. The van der Waals surface area contributed by atoms with Crippen molar-refractivity contribution in [3.63, 3.8) is 0 Å². The number of carbonyl (C=O) groups is 1. The van der Waals surface area contributed by atoms with Crippen LogP contribution in [0.5, 0.6) is 0 Å². The molecule has 1 aliphatic heterocycles. The van der Waals surface area contributed by atoms with Crippen LogP contribution in [0.25, 0.3) is 0 Å². The summed E-state index contributed by atoms with van der Waals surface area (Å²) >= 11 is 0. The zero-order valence-corrected chi connectivity index (χ0v) is 11.3. The summed E-state index contributed by atoms with van der Waals surface area (Å²) in [4.78, 5) is 17.8. The van der Waals surface area contributed by atoms with Crippen LogP contribution >= 0.6 is 24.8 Å². The smallest absolute Gasteiger partial charge is 0.255 e. The van der Waals surface area contributed by atoms with Crippen molar-refractivity contribution in [2.45, 2.75) is 19.4 Å². The van der Waals surface area contributed by atoms with Crippen LogP contribution in [0.4, 0.5) is 0 Å². The molecule has 1 amide bonds. The Morgan fingerprint density at radius 1 is 1.47 bits per heavy atom. The maximum Gasteiger partial charge on any atom is 0.255 e. The van der Waals surface area contributed by atoms with E-state index in [-0.39, 0.29) is 36.8 Å². The zero-order chi connectivity index (χ0) is 10.8. The van der Waals surface area contributed by atoms with Gasteiger partial charge in [-0.15, -0.1) is 24.8 Å². The number of halogens is 2. The van der Waals surface area contributed by atoms with E-state index in [0.29, 0.717) is 12.1 Å². The molecular weight excluding hydrogens is 261 g/mol. The van der Waals surface area contributed by atoms with Gasteiger partial charge in [0, 0.05) is 31.0 Å². The minimum absolute atomic E-state index is 0. The summed E-state index contributed by atoms with van der Waals surface area (Å²) in [6.07, 6.45) is 2.52. The molecule has 0 bridgehead atoms. The van der Waals surface area contributed by atoms with Gasteiger partial charge in [0.2, 0.25) is 0 Å². The molecule has 17 heavy (non-hydrogen) atoms. The number of hydrogen-bond donors (Lipinski definition) is 1. The fourth-order valence-corrected chi connectivity index (χ4v) is 1.75. The predicted molar refractivity (Wildman–Crippen MR) is 72.0 cm³/mol. The number of nitrogens with zero attached hydrogens (tertiary/aromatic N) is 2. The van der Waals surface area contributed by atoms with Crippen molar-refractivity contribution in [1.29, 1.82) is 0 Å². The second kappa shape index (κ2) is 6.79. The Labute approximate surface area is 113 Å². The standard InChI is InChI=1S/C11H15N3O.2ClH/c1-8-2-3-9(6-13-8)11(15)14-5-4-10(12)7-14;;/h2-3,6,10H,4-5,7,12H2,1H3;2*1H/t10-;;/m1../s1. The van der Waals surface area contributed by atoms with Gasteiger partial charge >= 0.3 is 0 Å². The highest BCUT2D eigenvalue weighted by Crippen LogP contribution is 2.11. The van der Waals surface area contributed by atoms with Crippen molar-refractivity contribution < 1.29 is 4.79 Å². The number of nitrogens with two attached hydrogens (primary N) is 1. The van der Waals surface area contributed by atoms with E-state index in [1.165, 1.54) is 0 Å². The molecule has 1 atom stereocenters. The summed E-state index contributed by atoms with van der Waals surface area (Å²) in [6.45, 7) is 3.32. The van der Waals surface area contributed by atoms with E-state index in [2.05, 4.69) is 4.98 Å². The first-order chi connectivity index (χ1) is 7.16. The second-order valence-corrected chi connectivity index (χ2v) is 3.99. The van der Waals surface area contributed by atoms with E-state index in [4.69, 9.17) is 5.73 Å². The van der Waals surface area contributed by atoms with Crippen molar-refractivity contribution in [2.75, 3.05) is 13.1 Å². The predicted octanol–water partition coefficient (Wildman–Crippen LogP) is 1.41.